The maximum Gasteiger partial charge on any atom is 0.274 e. The summed E-state index contributed by atoms with van der Waals surface area (Å²) in [7, 11) is 0. The Balaban J connectivity index is 1.61. The maximum absolute atomic E-state index is 13.3. The molecule has 4 rings (SSSR count). The highest BCUT2D eigenvalue weighted by Crippen LogP contribution is 2.56. The average molecular weight is 354 g/mol. The van der Waals surface area contributed by atoms with E-state index in [4.69, 9.17) is 0 Å². The molecule has 0 aromatic carbocycles. The van der Waals surface area contributed by atoms with Crippen molar-refractivity contribution in [2.45, 2.75) is 52.2 Å². The van der Waals surface area contributed by atoms with Gasteiger partial charge in [0.2, 0.25) is 0 Å². The van der Waals surface area contributed by atoms with E-state index in [0.29, 0.717) is 12.2 Å². The van der Waals surface area contributed by atoms with Crippen molar-refractivity contribution >= 4 is 5.91 Å². The van der Waals surface area contributed by atoms with Crippen molar-refractivity contribution in [2.24, 2.45) is 5.41 Å². The van der Waals surface area contributed by atoms with E-state index in [0.717, 1.165) is 50.4 Å². The van der Waals surface area contributed by atoms with Gasteiger partial charge in [0.1, 0.15) is 11.5 Å². The first kappa shape index (κ1) is 17.1. The van der Waals surface area contributed by atoms with Crippen molar-refractivity contribution in [2.75, 3.05) is 13.1 Å². The van der Waals surface area contributed by atoms with E-state index < -0.39 is 0 Å². The van der Waals surface area contributed by atoms with Crippen molar-refractivity contribution in [3.05, 3.63) is 42.0 Å². The molecule has 138 valence electrons. The van der Waals surface area contributed by atoms with Crippen LogP contribution in [0.25, 0.3) is 0 Å². The zero-order chi connectivity index (χ0) is 18.1. The number of piperidine rings is 1. The topological polar surface area (TPSA) is 75.9 Å². The number of rotatable bonds is 5. The minimum atomic E-state index is -0.0384. The second kappa shape index (κ2) is 6.79. The van der Waals surface area contributed by atoms with Gasteiger partial charge in [-0.3, -0.25) is 9.78 Å². The number of nitrogens with one attached hydrogen (secondary N) is 1. The Bertz CT molecular complexity index is 778. The molecule has 2 fully saturated rings. The van der Waals surface area contributed by atoms with E-state index in [2.05, 4.69) is 31.8 Å². The Morgan fingerprint density at radius 3 is 2.81 bits per heavy atom. The SMILES string of the molecule is CCn1ccnc1CN(C(=O)c1cnc(C)cn1)[C@@H]1CC12CCNCC2. The van der Waals surface area contributed by atoms with Gasteiger partial charge in [0.05, 0.1) is 18.4 Å². The number of carbonyl (C=O) groups is 1. The van der Waals surface area contributed by atoms with Crippen LogP contribution in [-0.2, 0) is 13.1 Å². The van der Waals surface area contributed by atoms with Gasteiger partial charge in [0, 0.05) is 31.2 Å². The number of amides is 1. The molecule has 0 unspecified atom stereocenters. The Kier molecular flexibility index (Phi) is 4.48. The first-order valence-electron chi connectivity index (χ1n) is 9.43. The fraction of sp³-hybridized carbons (Fsp3) is 0.579. The molecule has 0 bridgehead atoms. The summed E-state index contributed by atoms with van der Waals surface area (Å²) in [6.07, 6.45) is 10.4. The minimum Gasteiger partial charge on any atom is -0.334 e. The Hall–Kier alpha value is -2.28. The van der Waals surface area contributed by atoms with Crippen molar-refractivity contribution in [1.82, 2.24) is 29.7 Å². The quantitative estimate of drug-likeness (QED) is 0.886. The fourth-order valence-electron chi connectivity index (χ4n) is 4.13. The van der Waals surface area contributed by atoms with E-state index in [9.17, 15) is 4.79 Å². The molecule has 1 aliphatic carbocycles. The predicted octanol–water partition coefficient (Wildman–Crippen LogP) is 1.79. The highest BCUT2D eigenvalue weighted by molar-refractivity contribution is 5.92. The van der Waals surface area contributed by atoms with Crippen LogP contribution in [0.3, 0.4) is 0 Å². The minimum absolute atomic E-state index is 0.0384. The summed E-state index contributed by atoms with van der Waals surface area (Å²) >= 11 is 0. The third-order valence-electron chi connectivity index (χ3n) is 5.84. The molecule has 1 N–H and O–H groups in total. The second-order valence-electron chi connectivity index (χ2n) is 7.44. The van der Waals surface area contributed by atoms with Gasteiger partial charge in [-0.05, 0) is 51.6 Å². The van der Waals surface area contributed by atoms with Crippen molar-refractivity contribution in [1.29, 1.82) is 0 Å². The molecule has 1 spiro atoms. The Labute approximate surface area is 153 Å². The van der Waals surface area contributed by atoms with E-state index in [1.165, 1.54) is 0 Å². The van der Waals surface area contributed by atoms with Crippen LogP contribution < -0.4 is 5.32 Å². The first-order valence-corrected chi connectivity index (χ1v) is 9.43. The molecule has 7 heteroatoms. The molecule has 1 saturated carbocycles. The molecule has 0 radical (unpaired) electrons. The second-order valence-corrected chi connectivity index (χ2v) is 7.44. The van der Waals surface area contributed by atoms with Crippen LogP contribution >= 0.6 is 0 Å². The van der Waals surface area contributed by atoms with Gasteiger partial charge < -0.3 is 14.8 Å². The van der Waals surface area contributed by atoms with Crippen molar-refractivity contribution in [3.63, 3.8) is 0 Å². The van der Waals surface area contributed by atoms with E-state index in [-0.39, 0.29) is 17.4 Å². The largest absolute Gasteiger partial charge is 0.334 e. The molecule has 1 saturated heterocycles. The lowest BCUT2D eigenvalue weighted by Crippen LogP contribution is -2.40. The van der Waals surface area contributed by atoms with E-state index in [1.807, 2.05) is 18.0 Å². The molecule has 1 amide bonds. The smallest absolute Gasteiger partial charge is 0.274 e. The normalized spacial score (nSPS) is 20.9. The van der Waals surface area contributed by atoms with Gasteiger partial charge in [-0.2, -0.15) is 0 Å². The molecule has 1 atom stereocenters. The van der Waals surface area contributed by atoms with Gasteiger partial charge in [-0.15, -0.1) is 0 Å². The average Bonchev–Trinajstić information content (AvgIpc) is 3.14. The summed E-state index contributed by atoms with van der Waals surface area (Å²) in [4.78, 5) is 28.3. The Morgan fingerprint density at radius 1 is 1.31 bits per heavy atom. The predicted molar refractivity (Wildman–Crippen MR) is 97.5 cm³/mol. The zero-order valence-corrected chi connectivity index (χ0v) is 15.5. The first-order chi connectivity index (χ1) is 12.6. The van der Waals surface area contributed by atoms with Gasteiger partial charge in [-0.25, -0.2) is 9.97 Å². The number of aromatic nitrogens is 4. The lowest BCUT2D eigenvalue weighted by molar-refractivity contribution is 0.0678. The standard InChI is InChI=1S/C19H26N6O/c1-3-24-9-8-21-17(24)13-25(16-10-19(16)4-6-20-7-5-19)18(26)15-12-22-14(2)11-23-15/h8-9,11-12,16,20H,3-7,10,13H2,1-2H3/t16-/m1/s1. The zero-order valence-electron chi connectivity index (χ0n) is 15.5. The number of nitrogens with zero attached hydrogens (tertiary/aromatic N) is 5. The van der Waals surface area contributed by atoms with Gasteiger partial charge in [-0.1, -0.05) is 0 Å². The van der Waals surface area contributed by atoms with Crippen LogP contribution in [0.2, 0.25) is 0 Å². The highest BCUT2D eigenvalue weighted by atomic mass is 16.2. The lowest BCUT2D eigenvalue weighted by atomic mass is 9.93. The lowest BCUT2D eigenvalue weighted by Gasteiger charge is -2.29. The van der Waals surface area contributed by atoms with Crippen LogP contribution in [0.4, 0.5) is 0 Å². The van der Waals surface area contributed by atoms with Crippen LogP contribution in [0.1, 0.15) is 48.2 Å². The van der Waals surface area contributed by atoms with Crippen molar-refractivity contribution < 1.29 is 4.79 Å². The molecule has 26 heavy (non-hydrogen) atoms. The van der Waals surface area contributed by atoms with Gasteiger partial charge >= 0.3 is 0 Å². The number of imidazole rings is 1. The molecule has 7 nitrogen and oxygen atoms in total. The van der Waals surface area contributed by atoms with Crippen LogP contribution in [-0.4, -0.2) is 49.5 Å². The third-order valence-corrected chi connectivity index (χ3v) is 5.84. The van der Waals surface area contributed by atoms with E-state index >= 15 is 0 Å². The molecule has 1 aliphatic heterocycles. The Morgan fingerprint density at radius 2 is 2.12 bits per heavy atom. The summed E-state index contributed by atoms with van der Waals surface area (Å²) < 4.78 is 2.10. The van der Waals surface area contributed by atoms with Crippen LogP contribution in [0.5, 0.6) is 0 Å². The maximum atomic E-state index is 13.3. The van der Waals surface area contributed by atoms with Crippen LogP contribution in [0.15, 0.2) is 24.8 Å². The van der Waals surface area contributed by atoms with E-state index in [1.54, 1.807) is 18.6 Å². The summed E-state index contributed by atoms with van der Waals surface area (Å²) in [6, 6.07) is 0.266. The van der Waals surface area contributed by atoms with Crippen LogP contribution in [0, 0.1) is 12.3 Å². The fourth-order valence-corrected chi connectivity index (χ4v) is 4.13. The summed E-state index contributed by atoms with van der Waals surface area (Å²) in [5.41, 5.74) is 1.50. The summed E-state index contributed by atoms with van der Waals surface area (Å²) in [6.45, 7) is 7.41. The highest BCUT2D eigenvalue weighted by Gasteiger charge is 2.58. The number of aryl methyl sites for hydroxylation is 2. The number of carbonyl (C=O) groups excluding carboxylic acids is 1. The molecular formula is C19H26N6O. The third kappa shape index (κ3) is 3.11. The molecule has 2 aromatic rings. The van der Waals surface area contributed by atoms with Crippen molar-refractivity contribution in [3.8, 4) is 0 Å². The summed E-state index contributed by atoms with van der Waals surface area (Å²) in [5, 5.41) is 3.43. The monoisotopic (exact) mass is 354 g/mol. The summed E-state index contributed by atoms with van der Waals surface area (Å²) in [5.74, 6) is 0.889. The van der Waals surface area contributed by atoms with Gasteiger partial charge in [0.15, 0.2) is 0 Å². The number of hydrogen-bond acceptors (Lipinski definition) is 5. The number of hydrogen-bond donors (Lipinski definition) is 1. The molecular weight excluding hydrogens is 328 g/mol. The molecule has 2 aromatic heterocycles. The molecule has 3 heterocycles. The van der Waals surface area contributed by atoms with Gasteiger partial charge in [0.25, 0.3) is 5.91 Å². The molecule has 2 aliphatic rings.